The van der Waals surface area contributed by atoms with Crippen molar-refractivity contribution in [2.24, 2.45) is 5.92 Å². The van der Waals surface area contributed by atoms with Crippen LogP contribution in [0.3, 0.4) is 0 Å². The number of halogens is 2. The molecule has 0 aliphatic carbocycles. The highest BCUT2D eigenvalue weighted by atomic mass is 79.9. The van der Waals surface area contributed by atoms with Gasteiger partial charge in [0.1, 0.15) is 4.34 Å². The van der Waals surface area contributed by atoms with Crippen LogP contribution in [0.1, 0.15) is 63.8 Å². The van der Waals surface area contributed by atoms with Crippen molar-refractivity contribution in [1.82, 2.24) is 5.32 Å². The summed E-state index contributed by atoms with van der Waals surface area (Å²) in [5.41, 5.74) is 0. The summed E-state index contributed by atoms with van der Waals surface area (Å²) in [6.45, 7) is 7.84. The van der Waals surface area contributed by atoms with Gasteiger partial charge in [0, 0.05) is 15.4 Å². The van der Waals surface area contributed by atoms with Crippen LogP contribution in [-0.4, -0.2) is 6.54 Å². The second kappa shape index (κ2) is 9.38. The molecule has 0 spiro atoms. The standard InChI is InChI=1S/C15H25BrClNS/c1-4-7-11(8-5-2)14(18-9-6-3)13-10-12(16)15(17)19-13/h10-11,14,18H,4-9H2,1-3H3. The zero-order valence-electron chi connectivity index (χ0n) is 12.1. The predicted octanol–water partition coefficient (Wildman–Crippen LogP) is 6.42. The Bertz CT molecular complexity index is 342. The third-order valence-electron chi connectivity index (χ3n) is 3.38. The van der Waals surface area contributed by atoms with Crippen LogP contribution < -0.4 is 5.32 Å². The fraction of sp³-hybridized carbons (Fsp3) is 0.733. The summed E-state index contributed by atoms with van der Waals surface area (Å²) in [5.74, 6) is 0.711. The SMILES string of the molecule is CCCNC(c1cc(Br)c(Cl)s1)C(CCC)CCC. The van der Waals surface area contributed by atoms with Gasteiger partial charge < -0.3 is 5.32 Å². The quantitative estimate of drug-likeness (QED) is 0.531. The number of hydrogen-bond donors (Lipinski definition) is 1. The van der Waals surface area contributed by atoms with Crippen LogP contribution in [0.4, 0.5) is 0 Å². The van der Waals surface area contributed by atoms with E-state index in [1.165, 1.54) is 37.0 Å². The van der Waals surface area contributed by atoms with Gasteiger partial charge in [0.15, 0.2) is 0 Å². The lowest BCUT2D eigenvalue weighted by molar-refractivity contribution is 0.320. The molecule has 0 amide bonds. The van der Waals surface area contributed by atoms with Gasteiger partial charge in [0.25, 0.3) is 0 Å². The fourth-order valence-corrected chi connectivity index (χ4v) is 4.44. The van der Waals surface area contributed by atoms with Crippen LogP contribution in [0.25, 0.3) is 0 Å². The van der Waals surface area contributed by atoms with Gasteiger partial charge in [-0.15, -0.1) is 11.3 Å². The highest BCUT2D eigenvalue weighted by molar-refractivity contribution is 9.10. The lowest BCUT2D eigenvalue weighted by atomic mass is 9.89. The Morgan fingerprint density at radius 3 is 2.26 bits per heavy atom. The first-order chi connectivity index (χ1) is 9.13. The normalized spacial score (nSPS) is 13.2. The van der Waals surface area contributed by atoms with Crippen molar-refractivity contribution in [3.8, 4) is 0 Å². The molecule has 4 heteroatoms. The van der Waals surface area contributed by atoms with Crippen molar-refractivity contribution in [1.29, 1.82) is 0 Å². The van der Waals surface area contributed by atoms with Crippen LogP contribution in [0.2, 0.25) is 4.34 Å². The van der Waals surface area contributed by atoms with Gasteiger partial charge in [0.2, 0.25) is 0 Å². The molecule has 1 heterocycles. The Hall–Kier alpha value is 0.430. The van der Waals surface area contributed by atoms with E-state index in [9.17, 15) is 0 Å². The molecule has 0 bridgehead atoms. The van der Waals surface area contributed by atoms with Crippen molar-refractivity contribution < 1.29 is 0 Å². The molecular weight excluding hydrogens is 342 g/mol. The lowest BCUT2D eigenvalue weighted by Gasteiger charge is -2.27. The van der Waals surface area contributed by atoms with Gasteiger partial charge in [-0.25, -0.2) is 0 Å². The van der Waals surface area contributed by atoms with E-state index in [-0.39, 0.29) is 0 Å². The molecule has 1 aromatic heterocycles. The predicted molar refractivity (Wildman–Crippen MR) is 91.4 cm³/mol. The molecule has 1 nitrogen and oxygen atoms in total. The molecular formula is C15H25BrClNS. The average molecular weight is 367 g/mol. The van der Waals surface area contributed by atoms with Gasteiger partial charge >= 0.3 is 0 Å². The van der Waals surface area contributed by atoms with Gasteiger partial charge in [-0.05, 0) is 53.7 Å². The molecule has 0 aliphatic rings. The molecule has 1 rings (SSSR count). The molecule has 0 aromatic carbocycles. The van der Waals surface area contributed by atoms with Gasteiger partial charge in [-0.2, -0.15) is 0 Å². The summed E-state index contributed by atoms with van der Waals surface area (Å²) in [6, 6.07) is 2.65. The van der Waals surface area contributed by atoms with E-state index in [0.29, 0.717) is 12.0 Å². The third kappa shape index (κ3) is 5.37. The first kappa shape index (κ1) is 17.5. The molecule has 1 N–H and O–H groups in total. The molecule has 110 valence electrons. The first-order valence-corrected chi connectivity index (χ1v) is 9.30. The topological polar surface area (TPSA) is 12.0 Å². The van der Waals surface area contributed by atoms with Crippen molar-refractivity contribution in [3.05, 3.63) is 19.8 Å². The third-order valence-corrected chi connectivity index (χ3v) is 5.93. The van der Waals surface area contributed by atoms with E-state index in [2.05, 4.69) is 48.1 Å². The van der Waals surface area contributed by atoms with Crippen molar-refractivity contribution in [3.63, 3.8) is 0 Å². The summed E-state index contributed by atoms with van der Waals surface area (Å²) < 4.78 is 1.90. The average Bonchev–Trinajstić information content (AvgIpc) is 2.70. The minimum absolute atomic E-state index is 0.452. The molecule has 1 atom stereocenters. The van der Waals surface area contributed by atoms with E-state index in [4.69, 9.17) is 11.6 Å². The van der Waals surface area contributed by atoms with Crippen LogP contribution in [-0.2, 0) is 0 Å². The molecule has 0 aliphatic heterocycles. The fourth-order valence-electron chi connectivity index (χ4n) is 2.54. The van der Waals surface area contributed by atoms with Crippen LogP contribution in [0.5, 0.6) is 0 Å². The Labute approximate surface area is 135 Å². The molecule has 0 fully saturated rings. The molecule has 0 radical (unpaired) electrons. The Morgan fingerprint density at radius 2 is 1.84 bits per heavy atom. The zero-order valence-corrected chi connectivity index (χ0v) is 15.3. The number of rotatable bonds is 9. The highest BCUT2D eigenvalue weighted by Gasteiger charge is 2.23. The monoisotopic (exact) mass is 365 g/mol. The van der Waals surface area contributed by atoms with Crippen molar-refractivity contribution in [2.75, 3.05) is 6.54 Å². The van der Waals surface area contributed by atoms with E-state index in [1.807, 2.05) is 0 Å². The van der Waals surface area contributed by atoms with Gasteiger partial charge in [-0.1, -0.05) is 45.2 Å². The second-order valence-corrected chi connectivity index (χ2v) is 7.58. The van der Waals surface area contributed by atoms with Crippen LogP contribution in [0.15, 0.2) is 10.5 Å². The minimum Gasteiger partial charge on any atom is -0.309 e. The lowest BCUT2D eigenvalue weighted by Crippen LogP contribution is -2.28. The smallest absolute Gasteiger partial charge is 0.107 e. The zero-order chi connectivity index (χ0) is 14.3. The maximum Gasteiger partial charge on any atom is 0.107 e. The molecule has 19 heavy (non-hydrogen) atoms. The van der Waals surface area contributed by atoms with E-state index in [1.54, 1.807) is 11.3 Å². The molecule has 1 unspecified atom stereocenters. The Kier molecular flexibility index (Phi) is 8.63. The van der Waals surface area contributed by atoms with E-state index in [0.717, 1.165) is 15.4 Å². The Morgan fingerprint density at radius 1 is 1.21 bits per heavy atom. The van der Waals surface area contributed by atoms with E-state index < -0.39 is 0 Å². The first-order valence-electron chi connectivity index (χ1n) is 7.32. The summed E-state index contributed by atoms with van der Waals surface area (Å²) >= 11 is 11.4. The molecule has 1 aromatic rings. The largest absolute Gasteiger partial charge is 0.309 e. The summed E-state index contributed by atoms with van der Waals surface area (Å²) in [6.07, 6.45) is 6.22. The summed E-state index contributed by atoms with van der Waals surface area (Å²) in [7, 11) is 0. The number of nitrogens with one attached hydrogen (secondary N) is 1. The number of thiophene rings is 1. The van der Waals surface area contributed by atoms with Crippen molar-refractivity contribution in [2.45, 2.75) is 58.9 Å². The number of hydrogen-bond acceptors (Lipinski definition) is 2. The van der Waals surface area contributed by atoms with Crippen molar-refractivity contribution >= 4 is 38.9 Å². The Balaban J connectivity index is 2.90. The van der Waals surface area contributed by atoms with Crippen LogP contribution >= 0.6 is 38.9 Å². The minimum atomic E-state index is 0.452. The summed E-state index contributed by atoms with van der Waals surface area (Å²) in [4.78, 5) is 1.37. The van der Waals surface area contributed by atoms with Crippen LogP contribution in [0, 0.1) is 5.92 Å². The van der Waals surface area contributed by atoms with E-state index >= 15 is 0 Å². The highest BCUT2D eigenvalue weighted by Crippen LogP contribution is 2.39. The second-order valence-electron chi connectivity index (χ2n) is 5.04. The summed E-state index contributed by atoms with van der Waals surface area (Å²) in [5, 5.41) is 3.73. The maximum atomic E-state index is 6.21. The van der Waals surface area contributed by atoms with Gasteiger partial charge in [0.05, 0.1) is 0 Å². The van der Waals surface area contributed by atoms with Gasteiger partial charge in [-0.3, -0.25) is 0 Å². The molecule has 0 saturated carbocycles. The molecule has 0 saturated heterocycles. The maximum absolute atomic E-state index is 6.21.